The SMILES string of the molecule is CCCCCOc1ccc(C2/C(=C(\O)c3ccc(F)cc3)C(=O)C(=O)N2c2nc3ccc(F)cc3s2)cc1OC. The van der Waals surface area contributed by atoms with Gasteiger partial charge < -0.3 is 14.6 Å². The molecule has 1 N–H and O–H groups in total. The summed E-state index contributed by atoms with van der Waals surface area (Å²) in [5, 5.41) is 11.4. The molecule has 0 spiro atoms. The van der Waals surface area contributed by atoms with Crippen molar-refractivity contribution >= 4 is 44.1 Å². The third kappa shape index (κ3) is 5.14. The number of carbonyl (C=O) groups is 2. The molecule has 3 aromatic carbocycles. The number of aliphatic hydroxyl groups is 1. The highest BCUT2D eigenvalue weighted by molar-refractivity contribution is 7.22. The van der Waals surface area contributed by atoms with Crippen LogP contribution < -0.4 is 14.4 Å². The highest BCUT2D eigenvalue weighted by atomic mass is 32.1. The number of ketones is 1. The number of anilines is 1. The first-order chi connectivity index (χ1) is 19.3. The number of rotatable bonds is 9. The predicted octanol–water partition coefficient (Wildman–Crippen LogP) is 6.78. The third-order valence-corrected chi connectivity index (χ3v) is 7.63. The number of hydrogen-bond donors (Lipinski definition) is 1. The standard InChI is InChI=1S/C30H26F2N2O5S/c1-3-4-5-14-39-22-13-8-18(15-23(22)38-2)26-25(27(35)17-6-9-19(31)10-7-17)28(36)29(37)34(26)30-33-21-12-11-20(32)16-24(21)40-30/h6-13,15-16,26,35H,3-5,14H2,1-2H3/b27-25+. The maximum Gasteiger partial charge on any atom is 0.301 e. The monoisotopic (exact) mass is 564 g/mol. The van der Waals surface area contributed by atoms with Gasteiger partial charge in [0.15, 0.2) is 16.6 Å². The number of nitrogens with zero attached hydrogens (tertiary/aromatic N) is 2. The summed E-state index contributed by atoms with van der Waals surface area (Å²) in [4.78, 5) is 32.6. The van der Waals surface area contributed by atoms with E-state index < -0.39 is 35.1 Å². The van der Waals surface area contributed by atoms with E-state index in [1.165, 1.54) is 42.3 Å². The minimum Gasteiger partial charge on any atom is -0.507 e. The van der Waals surface area contributed by atoms with Crippen molar-refractivity contribution in [2.24, 2.45) is 0 Å². The summed E-state index contributed by atoms with van der Waals surface area (Å²) in [6.07, 6.45) is 2.94. The minimum atomic E-state index is -1.10. The van der Waals surface area contributed by atoms with E-state index in [4.69, 9.17) is 9.47 Å². The van der Waals surface area contributed by atoms with Crippen molar-refractivity contribution in [3.8, 4) is 11.5 Å². The van der Waals surface area contributed by atoms with Crippen LogP contribution in [0.2, 0.25) is 0 Å². The van der Waals surface area contributed by atoms with Crippen LogP contribution in [0, 0.1) is 11.6 Å². The summed E-state index contributed by atoms with van der Waals surface area (Å²) in [5.41, 5.74) is 0.874. The molecular weight excluding hydrogens is 538 g/mol. The van der Waals surface area contributed by atoms with E-state index in [-0.39, 0.29) is 16.3 Å². The van der Waals surface area contributed by atoms with Gasteiger partial charge in [-0.2, -0.15) is 0 Å². The fraction of sp³-hybridized carbons (Fsp3) is 0.233. The van der Waals surface area contributed by atoms with Crippen LogP contribution in [0.25, 0.3) is 16.0 Å². The zero-order chi connectivity index (χ0) is 28.4. The molecule has 0 bridgehead atoms. The average molecular weight is 565 g/mol. The van der Waals surface area contributed by atoms with Gasteiger partial charge in [-0.1, -0.05) is 37.2 Å². The van der Waals surface area contributed by atoms with Crippen LogP contribution in [0.1, 0.15) is 43.4 Å². The average Bonchev–Trinajstić information content (AvgIpc) is 3.48. The normalized spacial score (nSPS) is 16.6. The van der Waals surface area contributed by atoms with E-state index in [1.54, 1.807) is 18.2 Å². The number of aromatic nitrogens is 1. The Balaban J connectivity index is 1.65. The van der Waals surface area contributed by atoms with Crippen molar-refractivity contribution < 1.29 is 33.0 Å². The Bertz CT molecular complexity index is 1620. The molecule has 10 heteroatoms. The van der Waals surface area contributed by atoms with E-state index in [1.807, 2.05) is 0 Å². The lowest BCUT2D eigenvalue weighted by Crippen LogP contribution is -2.29. The van der Waals surface area contributed by atoms with Gasteiger partial charge in [-0.25, -0.2) is 13.8 Å². The van der Waals surface area contributed by atoms with Gasteiger partial charge in [0, 0.05) is 5.56 Å². The van der Waals surface area contributed by atoms with Gasteiger partial charge >= 0.3 is 5.91 Å². The minimum absolute atomic E-state index is 0.157. The Morgan fingerprint density at radius 3 is 2.48 bits per heavy atom. The lowest BCUT2D eigenvalue weighted by atomic mass is 9.95. The molecule has 1 fully saturated rings. The van der Waals surface area contributed by atoms with E-state index in [0.29, 0.717) is 33.9 Å². The number of aliphatic hydroxyl groups excluding tert-OH is 1. The van der Waals surface area contributed by atoms with Crippen LogP contribution in [0.4, 0.5) is 13.9 Å². The fourth-order valence-electron chi connectivity index (χ4n) is 4.61. The number of fused-ring (bicyclic) bond motifs is 1. The molecule has 1 saturated heterocycles. The first-order valence-electron chi connectivity index (χ1n) is 12.8. The molecule has 1 atom stereocenters. The summed E-state index contributed by atoms with van der Waals surface area (Å²) in [5.74, 6) is -2.41. The second-order valence-corrected chi connectivity index (χ2v) is 10.3. The first kappa shape index (κ1) is 27.3. The van der Waals surface area contributed by atoms with Crippen molar-refractivity contribution in [3.63, 3.8) is 0 Å². The molecule has 1 aliphatic heterocycles. The van der Waals surface area contributed by atoms with Crippen molar-refractivity contribution in [2.45, 2.75) is 32.2 Å². The molecule has 0 radical (unpaired) electrons. The molecule has 4 aromatic rings. The highest BCUT2D eigenvalue weighted by Gasteiger charge is 2.48. The number of thiazole rings is 1. The van der Waals surface area contributed by atoms with Gasteiger partial charge in [0.05, 0.1) is 35.5 Å². The zero-order valence-corrected chi connectivity index (χ0v) is 22.6. The molecular formula is C30H26F2N2O5S. The number of Topliss-reactive ketones (excluding diaryl/α,β-unsaturated/α-hetero) is 1. The fourth-order valence-corrected chi connectivity index (χ4v) is 5.62. The maximum atomic E-state index is 13.9. The highest BCUT2D eigenvalue weighted by Crippen LogP contribution is 2.46. The van der Waals surface area contributed by atoms with Crippen LogP contribution in [-0.2, 0) is 9.59 Å². The molecule has 206 valence electrons. The molecule has 1 aromatic heterocycles. The Labute approximate surface area is 233 Å². The second-order valence-electron chi connectivity index (χ2n) is 9.25. The van der Waals surface area contributed by atoms with Crippen molar-refractivity contribution in [2.75, 3.05) is 18.6 Å². The Hall–Kier alpha value is -4.31. The maximum absolute atomic E-state index is 13.9. The second kappa shape index (κ2) is 11.4. The number of halogens is 2. The molecule has 0 aliphatic carbocycles. The molecule has 1 aliphatic rings. The van der Waals surface area contributed by atoms with Gasteiger partial charge in [-0.15, -0.1) is 0 Å². The largest absolute Gasteiger partial charge is 0.507 e. The molecule has 1 amide bonds. The Morgan fingerprint density at radius 1 is 1.00 bits per heavy atom. The summed E-state index contributed by atoms with van der Waals surface area (Å²) < 4.78 is 39.4. The van der Waals surface area contributed by atoms with E-state index in [0.717, 1.165) is 42.7 Å². The molecule has 0 saturated carbocycles. The van der Waals surface area contributed by atoms with Crippen LogP contribution >= 0.6 is 11.3 Å². The number of benzene rings is 3. The lowest BCUT2D eigenvalue weighted by Gasteiger charge is -2.24. The quantitative estimate of drug-likeness (QED) is 0.104. The number of methoxy groups -OCH3 is 1. The van der Waals surface area contributed by atoms with E-state index in [2.05, 4.69) is 11.9 Å². The summed E-state index contributed by atoms with van der Waals surface area (Å²) in [6, 6.07) is 12.9. The van der Waals surface area contributed by atoms with E-state index in [9.17, 15) is 23.5 Å². The lowest BCUT2D eigenvalue weighted by molar-refractivity contribution is -0.132. The summed E-state index contributed by atoms with van der Waals surface area (Å²) in [7, 11) is 1.48. The van der Waals surface area contributed by atoms with Crippen LogP contribution in [0.5, 0.6) is 11.5 Å². The number of hydrogen-bond acceptors (Lipinski definition) is 7. The van der Waals surface area contributed by atoms with Crippen molar-refractivity contribution in [3.05, 3.63) is 89.0 Å². The van der Waals surface area contributed by atoms with Crippen molar-refractivity contribution in [1.29, 1.82) is 0 Å². The van der Waals surface area contributed by atoms with Gasteiger partial charge in [0.25, 0.3) is 5.78 Å². The van der Waals surface area contributed by atoms with Crippen LogP contribution in [0.3, 0.4) is 0 Å². The first-order valence-corrected chi connectivity index (χ1v) is 13.6. The van der Waals surface area contributed by atoms with E-state index >= 15 is 0 Å². The van der Waals surface area contributed by atoms with Gasteiger partial charge in [-0.3, -0.25) is 14.5 Å². The molecule has 7 nitrogen and oxygen atoms in total. The van der Waals surface area contributed by atoms with Gasteiger partial charge in [0.1, 0.15) is 17.4 Å². The van der Waals surface area contributed by atoms with Crippen molar-refractivity contribution in [1.82, 2.24) is 4.98 Å². The topological polar surface area (TPSA) is 89.0 Å². The van der Waals surface area contributed by atoms with Gasteiger partial charge in [0.2, 0.25) is 0 Å². The molecule has 5 rings (SSSR count). The molecule has 2 heterocycles. The van der Waals surface area contributed by atoms with Crippen LogP contribution in [0.15, 0.2) is 66.2 Å². The molecule has 1 unspecified atom stereocenters. The Morgan fingerprint density at radius 2 is 1.75 bits per heavy atom. The molecule has 40 heavy (non-hydrogen) atoms. The summed E-state index contributed by atoms with van der Waals surface area (Å²) >= 11 is 1.05. The van der Waals surface area contributed by atoms with Crippen LogP contribution in [-0.4, -0.2) is 35.5 Å². The predicted molar refractivity (Wildman–Crippen MR) is 149 cm³/mol. The summed E-state index contributed by atoms with van der Waals surface area (Å²) in [6.45, 7) is 2.59. The smallest absolute Gasteiger partial charge is 0.301 e. The third-order valence-electron chi connectivity index (χ3n) is 6.62. The Kier molecular flexibility index (Phi) is 7.79. The number of amides is 1. The number of carbonyl (C=O) groups excluding carboxylic acids is 2. The number of unbranched alkanes of at least 4 members (excludes halogenated alkanes) is 2. The zero-order valence-electron chi connectivity index (χ0n) is 21.8. The number of ether oxygens (including phenoxy) is 2. The van der Waals surface area contributed by atoms with Gasteiger partial charge in [-0.05, 0) is 66.6 Å².